The molecule has 0 spiro atoms. The Kier molecular flexibility index (Phi) is 4.51. The first-order chi connectivity index (χ1) is 9.57. The molecule has 0 heterocycles. The lowest BCUT2D eigenvalue weighted by Gasteiger charge is -2.17. The molecule has 1 rings (SSSR count). The van der Waals surface area contributed by atoms with Crippen LogP contribution in [0.2, 0.25) is 0 Å². The fourth-order valence-corrected chi connectivity index (χ4v) is 1.50. The number of alkyl halides is 3. The Balaban J connectivity index is 3.19. The van der Waals surface area contributed by atoms with Gasteiger partial charge in [0, 0.05) is 0 Å². The first-order valence-corrected chi connectivity index (χ1v) is 5.28. The second kappa shape index (κ2) is 5.77. The fraction of sp³-hybridized carbons (Fsp3) is 0.273. The molecule has 7 nitrogen and oxygen atoms in total. The maximum Gasteiger partial charge on any atom is 0.471 e. The summed E-state index contributed by atoms with van der Waals surface area (Å²) in [5, 5.41) is 29.1. The zero-order chi connectivity index (χ0) is 16.4. The van der Waals surface area contributed by atoms with Crippen LogP contribution in [0.25, 0.3) is 0 Å². The highest BCUT2D eigenvalue weighted by atomic mass is 19.4. The SMILES string of the molecule is COc1c(O)cc(C(NC(=O)C(F)(F)F)C(=O)O)cc1O. The van der Waals surface area contributed by atoms with E-state index in [4.69, 9.17) is 5.11 Å². The van der Waals surface area contributed by atoms with Crippen molar-refractivity contribution in [1.29, 1.82) is 0 Å². The van der Waals surface area contributed by atoms with Gasteiger partial charge in [-0.25, -0.2) is 4.79 Å². The maximum absolute atomic E-state index is 12.1. The summed E-state index contributed by atoms with van der Waals surface area (Å²) >= 11 is 0. The highest BCUT2D eigenvalue weighted by molar-refractivity contribution is 5.87. The van der Waals surface area contributed by atoms with Crippen LogP contribution in [-0.2, 0) is 9.59 Å². The summed E-state index contributed by atoms with van der Waals surface area (Å²) < 4.78 is 41.0. The number of halogens is 3. The predicted molar refractivity (Wildman–Crippen MR) is 60.9 cm³/mol. The first-order valence-electron chi connectivity index (χ1n) is 5.28. The summed E-state index contributed by atoms with van der Waals surface area (Å²) in [7, 11) is 1.11. The van der Waals surface area contributed by atoms with Gasteiger partial charge in [-0.3, -0.25) is 4.79 Å². The Labute approximate surface area is 115 Å². The summed E-state index contributed by atoms with van der Waals surface area (Å²) in [5.41, 5.74) is -0.462. The molecular formula is C11H10F3NO6. The van der Waals surface area contributed by atoms with Crippen molar-refractivity contribution in [3.8, 4) is 17.2 Å². The second-order valence-electron chi connectivity index (χ2n) is 3.83. The van der Waals surface area contributed by atoms with Crippen LogP contribution in [0.4, 0.5) is 13.2 Å². The quantitative estimate of drug-likeness (QED) is 0.657. The average molecular weight is 309 g/mol. The molecular weight excluding hydrogens is 299 g/mol. The van der Waals surface area contributed by atoms with Crippen LogP contribution in [0.3, 0.4) is 0 Å². The standard InChI is InChI=1S/C11H10F3NO6/c1-21-8-5(16)2-4(3-6(8)17)7(9(18)19)15-10(20)11(12,13)14/h2-3,7,16-17H,1H3,(H,15,20)(H,18,19). The molecule has 0 aromatic heterocycles. The molecule has 10 heteroatoms. The molecule has 0 aliphatic rings. The van der Waals surface area contributed by atoms with E-state index in [0.29, 0.717) is 0 Å². The van der Waals surface area contributed by atoms with E-state index in [-0.39, 0.29) is 5.75 Å². The van der Waals surface area contributed by atoms with Crippen molar-refractivity contribution in [1.82, 2.24) is 5.32 Å². The monoisotopic (exact) mass is 309 g/mol. The zero-order valence-electron chi connectivity index (χ0n) is 10.4. The lowest BCUT2D eigenvalue weighted by atomic mass is 10.1. The van der Waals surface area contributed by atoms with Gasteiger partial charge < -0.3 is 25.4 Å². The molecule has 0 saturated heterocycles. The molecule has 0 fully saturated rings. The molecule has 0 aliphatic heterocycles. The van der Waals surface area contributed by atoms with Crippen LogP contribution in [0.15, 0.2) is 12.1 Å². The van der Waals surface area contributed by atoms with Gasteiger partial charge in [-0.2, -0.15) is 13.2 Å². The number of aliphatic carboxylic acids is 1. The van der Waals surface area contributed by atoms with Gasteiger partial charge in [0.15, 0.2) is 17.5 Å². The lowest BCUT2D eigenvalue weighted by molar-refractivity contribution is -0.175. The van der Waals surface area contributed by atoms with E-state index in [1.807, 2.05) is 0 Å². The van der Waals surface area contributed by atoms with Crippen molar-refractivity contribution in [2.45, 2.75) is 12.2 Å². The van der Waals surface area contributed by atoms with Gasteiger partial charge >= 0.3 is 18.1 Å². The molecule has 4 N–H and O–H groups in total. The minimum absolute atomic E-state index is 0.384. The molecule has 1 aromatic carbocycles. The number of carbonyl (C=O) groups is 2. The number of carboxylic acid groups (broad SMARTS) is 1. The highest BCUT2D eigenvalue weighted by Crippen LogP contribution is 2.38. The minimum Gasteiger partial charge on any atom is -0.504 e. The van der Waals surface area contributed by atoms with Gasteiger partial charge in [0.2, 0.25) is 5.75 Å². The van der Waals surface area contributed by atoms with Crippen molar-refractivity contribution >= 4 is 11.9 Å². The summed E-state index contributed by atoms with van der Waals surface area (Å²) in [4.78, 5) is 21.8. The fourth-order valence-electron chi connectivity index (χ4n) is 1.50. The molecule has 0 radical (unpaired) electrons. The van der Waals surface area contributed by atoms with E-state index < -0.39 is 41.2 Å². The van der Waals surface area contributed by atoms with E-state index in [1.165, 1.54) is 5.32 Å². The van der Waals surface area contributed by atoms with Crippen LogP contribution < -0.4 is 10.1 Å². The number of phenolic OH excluding ortho intramolecular Hbond substituents is 2. The number of benzene rings is 1. The summed E-state index contributed by atoms with van der Waals surface area (Å²) in [6.45, 7) is 0. The van der Waals surface area contributed by atoms with Gasteiger partial charge in [0.25, 0.3) is 0 Å². The Hall–Kier alpha value is -2.65. The number of hydrogen-bond acceptors (Lipinski definition) is 5. The van der Waals surface area contributed by atoms with Crippen molar-refractivity contribution in [2.75, 3.05) is 7.11 Å². The van der Waals surface area contributed by atoms with Crippen LogP contribution in [0.5, 0.6) is 17.2 Å². The summed E-state index contributed by atoms with van der Waals surface area (Å²) in [5.74, 6) is -6.05. The number of amides is 1. The topological polar surface area (TPSA) is 116 Å². The molecule has 0 bridgehead atoms. The molecule has 1 atom stereocenters. The molecule has 1 amide bonds. The van der Waals surface area contributed by atoms with Crippen LogP contribution in [0.1, 0.15) is 11.6 Å². The number of aromatic hydroxyl groups is 2. The molecule has 21 heavy (non-hydrogen) atoms. The molecule has 1 aromatic rings. The highest BCUT2D eigenvalue weighted by Gasteiger charge is 2.41. The van der Waals surface area contributed by atoms with Gasteiger partial charge in [0.1, 0.15) is 0 Å². The Morgan fingerprint density at radius 1 is 1.24 bits per heavy atom. The van der Waals surface area contributed by atoms with E-state index >= 15 is 0 Å². The minimum atomic E-state index is -5.27. The summed E-state index contributed by atoms with van der Waals surface area (Å²) in [6, 6.07) is -0.594. The van der Waals surface area contributed by atoms with E-state index in [1.54, 1.807) is 0 Å². The number of phenols is 2. The van der Waals surface area contributed by atoms with Crippen LogP contribution in [0, 0.1) is 0 Å². The predicted octanol–water partition coefficient (Wildman–Crippen LogP) is 0.911. The third kappa shape index (κ3) is 3.68. The van der Waals surface area contributed by atoms with Crippen molar-refractivity contribution in [3.05, 3.63) is 17.7 Å². The number of methoxy groups -OCH3 is 1. The van der Waals surface area contributed by atoms with E-state index in [2.05, 4.69) is 4.74 Å². The van der Waals surface area contributed by atoms with Crippen molar-refractivity contribution < 1.29 is 42.8 Å². The summed E-state index contributed by atoms with van der Waals surface area (Å²) in [6.07, 6.45) is -5.27. The van der Waals surface area contributed by atoms with Crippen LogP contribution in [-0.4, -0.2) is 40.5 Å². The number of carboxylic acids is 1. The average Bonchev–Trinajstić information content (AvgIpc) is 2.33. The number of rotatable bonds is 4. The molecule has 1 unspecified atom stereocenters. The van der Waals surface area contributed by atoms with Gasteiger partial charge in [0.05, 0.1) is 7.11 Å². The Bertz CT molecular complexity index is 549. The number of nitrogens with one attached hydrogen (secondary N) is 1. The molecule has 116 valence electrons. The zero-order valence-corrected chi connectivity index (χ0v) is 10.4. The van der Waals surface area contributed by atoms with Crippen LogP contribution >= 0.6 is 0 Å². The van der Waals surface area contributed by atoms with E-state index in [9.17, 15) is 33.0 Å². The maximum atomic E-state index is 12.1. The van der Waals surface area contributed by atoms with Gasteiger partial charge in [-0.1, -0.05) is 0 Å². The normalized spacial score (nSPS) is 12.6. The van der Waals surface area contributed by atoms with Gasteiger partial charge in [-0.15, -0.1) is 0 Å². The molecule has 0 aliphatic carbocycles. The number of ether oxygens (including phenoxy) is 1. The first kappa shape index (κ1) is 16.4. The van der Waals surface area contributed by atoms with Gasteiger partial charge in [-0.05, 0) is 17.7 Å². The number of hydrogen-bond donors (Lipinski definition) is 4. The largest absolute Gasteiger partial charge is 0.504 e. The smallest absolute Gasteiger partial charge is 0.471 e. The number of carbonyl (C=O) groups excluding carboxylic acids is 1. The Morgan fingerprint density at radius 3 is 2.05 bits per heavy atom. The van der Waals surface area contributed by atoms with E-state index in [0.717, 1.165) is 19.2 Å². The van der Waals surface area contributed by atoms with Crippen molar-refractivity contribution in [3.63, 3.8) is 0 Å². The third-order valence-electron chi connectivity index (χ3n) is 2.39. The van der Waals surface area contributed by atoms with Crippen molar-refractivity contribution in [2.24, 2.45) is 0 Å². The Morgan fingerprint density at radius 2 is 1.71 bits per heavy atom. The third-order valence-corrected chi connectivity index (χ3v) is 2.39. The lowest BCUT2D eigenvalue weighted by Crippen LogP contribution is -2.41. The second-order valence-corrected chi connectivity index (χ2v) is 3.83. The molecule has 0 saturated carbocycles.